The summed E-state index contributed by atoms with van der Waals surface area (Å²) in [6.07, 6.45) is 0. The van der Waals surface area contributed by atoms with Crippen LogP contribution in [0.3, 0.4) is 0 Å². The number of benzene rings is 1. The third kappa shape index (κ3) is 3.40. The first-order valence-electron chi connectivity index (χ1n) is 6.08. The summed E-state index contributed by atoms with van der Waals surface area (Å²) in [4.78, 5) is 0. The monoisotopic (exact) mass is 295 g/mol. The Hall–Kier alpha value is -1.80. The van der Waals surface area contributed by atoms with E-state index in [1.165, 1.54) is 0 Å². The molecule has 0 aliphatic carbocycles. The zero-order chi connectivity index (χ0) is 14.4. The lowest BCUT2D eigenvalue weighted by Gasteiger charge is -2.09. The number of nitrogens with zero attached hydrogens (tertiary/aromatic N) is 4. The number of ether oxygens (including phenoxy) is 2. The molecule has 0 aliphatic heterocycles. The van der Waals surface area contributed by atoms with Crippen LogP contribution in [0.25, 0.3) is 0 Å². The maximum atomic E-state index is 5.51. The maximum Gasteiger partial charge on any atom is 0.209 e. The molecule has 20 heavy (non-hydrogen) atoms. The molecule has 2 rings (SSSR count). The van der Waals surface area contributed by atoms with Gasteiger partial charge in [0.15, 0.2) is 11.5 Å². The molecule has 108 valence electrons. The Morgan fingerprint density at radius 2 is 2.05 bits per heavy atom. The number of hydrogen-bond acceptors (Lipinski definition) is 7. The van der Waals surface area contributed by atoms with Gasteiger partial charge in [0.1, 0.15) is 0 Å². The summed E-state index contributed by atoms with van der Waals surface area (Å²) < 4.78 is 12.2. The normalized spacial score (nSPS) is 10.6. The second-order valence-corrected chi connectivity index (χ2v) is 4.89. The lowest BCUT2D eigenvalue weighted by Crippen LogP contribution is -2.12. The van der Waals surface area contributed by atoms with Crippen LogP contribution in [0, 0.1) is 0 Å². The summed E-state index contributed by atoms with van der Waals surface area (Å²) in [6, 6.07) is 5.83. The third-order valence-electron chi connectivity index (χ3n) is 2.66. The molecule has 0 spiro atoms. The van der Waals surface area contributed by atoms with Gasteiger partial charge in [0.05, 0.1) is 20.8 Å². The summed E-state index contributed by atoms with van der Waals surface area (Å²) in [5.41, 5.74) is 6.62. The quantitative estimate of drug-likeness (QED) is 0.760. The van der Waals surface area contributed by atoms with E-state index in [4.69, 9.17) is 15.2 Å². The molecule has 7 nitrogen and oxygen atoms in total. The Balaban J connectivity index is 2.05. The van der Waals surface area contributed by atoms with Crippen LogP contribution >= 0.6 is 11.8 Å². The first-order valence-corrected chi connectivity index (χ1v) is 7.07. The van der Waals surface area contributed by atoms with Crippen molar-refractivity contribution in [2.75, 3.05) is 20.8 Å². The molecule has 0 aliphatic rings. The maximum absolute atomic E-state index is 5.51. The average Bonchev–Trinajstić information content (AvgIpc) is 2.92. The van der Waals surface area contributed by atoms with E-state index in [0.29, 0.717) is 24.6 Å². The minimum absolute atomic E-state index is 0.509. The van der Waals surface area contributed by atoms with Crippen molar-refractivity contribution in [3.63, 3.8) is 0 Å². The largest absolute Gasteiger partial charge is 0.493 e. The van der Waals surface area contributed by atoms with Crippen molar-refractivity contribution in [1.29, 1.82) is 0 Å². The van der Waals surface area contributed by atoms with Crippen molar-refractivity contribution < 1.29 is 9.47 Å². The Bertz CT molecular complexity index is 561. The van der Waals surface area contributed by atoms with E-state index >= 15 is 0 Å². The van der Waals surface area contributed by atoms with E-state index < -0.39 is 0 Å². The summed E-state index contributed by atoms with van der Waals surface area (Å²) in [6.45, 7) is 1.12. The number of nitrogens with two attached hydrogens (primary N) is 1. The Kier molecular flexibility index (Phi) is 5.19. The van der Waals surface area contributed by atoms with Crippen LogP contribution in [0.5, 0.6) is 11.5 Å². The van der Waals surface area contributed by atoms with Crippen LogP contribution in [0.1, 0.15) is 5.56 Å². The van der Waals surface area contributed by atoms with Crippen LogP contribution in [0.2, 0.25) is 0 Å². The highest BCUT2D eigenvalue weighted by molar-refractivity contribution is 7.98. The predicted molar refractivity (Wildman–Crippen MR) is 76.0 cm³/mol. The second kappa shape index (κ2) is 7.11. The van der Waals surface area contributed by atoms with Gasteiger partial charge in [0, 0.05) is 12.3 Å². The Morgan fingerprint density at radius 3 is 2.75 bits per heavy atom. The zero-order valence-corrected chi connectivity index (χ0v) is 12.3. The van der Waals surface area contributed by atoms with Crippen LogP contribution < -0.4 is 15.2 Å². The molecule has 1 heterocycles. The molecule has 0 radical (unpaired) electrons. The van der Waals surface area contributed by atoms with E-state index in [-0.39, 0.29) is 0 Å². The lowest BCUT2D eigenvalue weighted by atomic mass is 10.2. The highest BCUT2D eigenvalue weighted by Gasteiger charge is 2.08. The highest BCUT2D eigenvalue weighted by atomic mass is 32.2. The molecule has 1 aromatic carbocycles. The van der Waals surface area contributed by atoms with E-state index in [0.717, 1.165) is 16.5 Å². The molecule has 0 amide bonds. The molecule has 0 atom stereocenters. The molecule has 2 aromatic rings. The van der Waals surface area contributed by atoms with E-state index in [9.17, 15) is 0 Å². The first-order chi connectivity index (χ1) is 9.78. The van der Waals surface area contributed by atoms with E-state index in [1.54, 1.807) is 30.7 Å². The van der Waals surface area contributed by atoms with Gasteiger partial charge in [-0.1, -0.05) is 17.8 Å². The van der Waals surface area contributed by atoms with E-state index in [1.807, 2.05) is 18.2 Å². The van der Waals surface area contributed by atoms with Crippen molar-refractivity contribution >= 4 is 11.8 Å². The highest BCUT2D eigenvalue weighted by Crippen LogP contribution is 2.30. The van der Waals surface area contributed by atoms with Gasteiger partial charge in [0.2, 0.25) is 5.16 Å². The van der Waals surface area contributed by atoms with Gasteiger partial charge in [-0.15, -0.1) is 5.10 Å². The number of methoxy groups -OCH3 is 2. The van der Waals surface area contributed by atoms with Gasteiger partial charge in [0.25, 0.3) is 0 Å². The number of thioether (sulfide) groups is 1. The molecular formula is C12H17N5O2S. The summed E-state index contributed by atoms with van der Waals surface area (Å²) in [5, 5.41) is 12.3. The summed E-state index contributed by atoms with van der Waals surface area (Å²) >= 11 is 1.55. The van der Waals surface area contributed by atoms with Crippen molar-refractivity contribution in [3.8, 4) is 11.5 Å². The molecule has 0 unspecified atom stereocenters. The first kappa shape index (κ1) is 14.6. The minimum Gasteiger partial charge on any atom is -0.493 e. The second-order valence-electron chi connectivity index (χ2n) is 3.95. The Morgan fingerprint density at radius 1 is 1.25 bits per heavy atom. The van der Waals surface area contributed by atoms with Gasteiger partial charge in [-0.2, -0.15) is 0 Å². The Labute approximate surface area is 121 Å². The molecule has 0 saturated heterocycles. The minimum atomic E-state index is 0.509. The van der Waals surface area contributed by atoms with Gasteiger partial charge in [-0.05, 0) is 28.1 Å². The van der Waals surface area contributed by atoms with Crippen molar-refractivity contribution in [3.05, 3.63) is 23.8 Å². The number of hydrogen-bond donors (Lipinski definition) is 1. The molecular weight excluding hydrogens is 278 g/mol. The van der Waals surface area contributed by atoms with Crippen molar-refractivity contribution in [1.82, 2.24) is 20.2 Å². The number of tetrazole rings is 1. The fraction of sp³-hybridized carbons (Fsp3) is 0.417. The third-order valence-corrected chi connectivity index (χ3v) is 3.68. The summed E-state index contributed by atoms with van der Waals surface area (Å²) in [7, 11) is 3.24. The molecule has 2 N–H and O–H groups in total. The fourth-order valence-corrected chi connectivity index (χ4v) is 2.53. The number of rotatable bonds is 7. The van der Waals surface area contributed by atoms with Crippen molar-refractivity contribution in [2.45, 2.75) is 17.5 Å². The van der Waals surface area contributed by atoms with Crippen LogP contribution in [-0.4, -0.2) is 41.0 Å². The van der Waals surface area contributed by atoms with Crippen LogP contribution in [0.15, 0.2) is 23.4 Å². The molecule has 1 aromatic heterocycles. The van der Waals surface area contributed by atoms with Crippen LogP contribution in [-0.2, 0) is 12.3 Å². The molecule has 8 heteroatoms. The molecule has 0 bridgehead atoms. The topological polar surface area (TPSA) is 88.1 Å². The average molecular weight is 295 g/mol. The van der Waals surface area contributed by atoms with Gasteiger partial charge >= 0.3 is 0 Å². The molecule has 0 saturated carbocycles. The smallest absolute Gasteiger partial charge is 0.209 e. The fourth-order valence-electron chi connectivity index (χ4n) is 1.68. The summed E-state index contributed by atoms with van der Waals surface area (Å²) in [5.74, 6) is 2.17. The van der Waals surface area contributed by atoms with Gasteiger partial charge in [-0.3, -0.25) is 0 Å². The standard InChI is InChI=1S/C12H17N5O2S/c1-18-10-4-3-9(7-11(10)19-2)8-20-12-14-15-16-17(12)6-5-13/h3-4,7H,5-6,8,13H2,1-2H3. The van der Waals surface area contributed by atoms with Crippen LogP contribution in [0.4, 0.5) is 0 Å². The SMILES string of the molecule is COc1ccc(CSc2nnnn2CCN)cc1OC. The molecule has 0 fully saturated rings. The number of aromatic nitrogens is 4. The van der Waals surface area contributed by atoms with E-state index in [2.05, 4.69) is 15.5 Å². The predicted octanol–water partition coefficient (Wildman–Crippen LogP) is 0.941. The van der Waals surface area contributed by atoms with Gasteiger partial charge in [-0.25, -0.2) is 4.68 Å². The van der Waals surface area contributed by atoms with Crippen molar-refractivity contribution in [2.24, 2.45) is 5.73 Å². The lowest BCUT2D eigenvalue weighted by molar-refractivity contribution is 0.354. The zero-order valence-electron chi connectivity index (χ0n) is 11.4. The van der Waals surface area contributed by atoms with Gasteiger partial charge < -0.3 is 15.2 Å².